The predicted octanol–water partition coefficient (Wildman–Crippen LogP) is 4.10. The molecular formula is C17H21FN2O. The summed E-state index contributed by atoms with van der Waals surface area (Å²) in [5.41, 5.74) is 0.861. The standard InChI is InChI=1S/C17H21FN2O/c1-2-9-20(11-13-3-4-13)12-17-19-10-16(21-17)14-5-7-15(18)8-6-14/h5-8,10,13H,2-4,9,11-12H2,1H3. The molecule has 0 bridgehead atoms. The molecular weight excluding hydrogens is 267 g/mol. The van der Waals surface area contributed by atoms with Gasteiger partial charge in [0.25, 0.3) is 0 Å². The van der Waals surface area contributed by atoms with Crippen LogP contribution < -0.4 is 0 Å². The Kier molecular flexibility index (Phi) is 4.34. The highest BCUT2D eigenvalue weighted by Crippen LogP contribution is 2.30. The minimum atomic E-state index is -0.239. The lowest BCUT2D eigenvalue weighted by Crippen LogP contribution is -2.26. The molecule has 0 spiro atoms. The first-order valence-corrected chi connectivity index (χ1v) is 7.67. The van der Waals surface area contributed by atoms with Gasteiger partial charge in [0.05, 0.1) is 12.7 Å². The first kappa shape index (κ1) is 14.3. The Morgan fingerprint density at radius 1 is 1.29 bits per heavy atom. The number of oxazole rings is 1. The summed E-state index contributed by atoms with van der Waals surface area (Å²) in [6.07, 6.45) is 5.57. The fourth-order valence-corrected chi connectivity index (χ4v) is 2.54. The molecule has 0 unspecified atom stereocenters. The molecule has 4 heteroatoms. The molecule has 112 valence electrons. The van der Waals surface area contributed by atoms with Crippen LogP contribution in [0.1, 0.15) is 32.1 Å². The summed E-state index contributed by atoms with van der Waals surface area (Å²) >= 11 is 0. The molecule has 1 saturated carbocycles. The molecule has 0 aliphatic heterocycles. The second-order valence-corrected chi connectivity index (χ2v) is 5.80. The van der Waals surface area contributed by atoms with Crippen molar-refractivity contribution < 1.29 is 8.81 Å². The Morgan fingerprint density at radius 2 is 2.05 bits per heavy atom. The Labute approximate surface area is 124 Å². The largest absolute Gasteiger partial charge is 0.439 e. The van der Waals surface area contributed by atoms with Crippen LogP contribution >= 0.6 is 0 Å². The number of rotatable bonds is 7. The van der Waals surface area contributed by atoms with E-state index in [4.69, 9.17) is 4.42 Å². The predicted molar refractivity (Wildman–Crippen MR) is 80.2 cm³/mol. The smallest absolute Gasteiger partial charge is 0.209 e. The maximum absolute atomic E-state index is 12.9. The molecule has 1 aromatic heterocycles. The van der Waals surface area contributed by atoms with Crippen LogP contribution in [-0.2, 0) is 6.54 Å². The van der Waals surface area contributed by atoms with Crippen molar-refractivity contribution in [3.05, 3.63) is 42.2 Å². The number of aromatic nitrogens is 1. The van der Waals surface area contributed by atoms with Gasteiger partial charge >= 0.3 is 0 Å². The third kappa shape index (κ3) is 3.91. The highest BCUT2D eigenvalue weighted by molar-refractivity contribution is 5.55. The van der Waals surface area contributed by atoms with Gasteiger partial charge in [-0.1, -0.05) is 6.92 Å². The lowest BCUT2D eigenvalue weighted by atomic mass is 10.2. The van der Waals surface area contributed by atoms with Crippen LogP contribution in [0.4, 0.5) is 4.39 Å². The molecule has 3 nitrogen and oxygen atoms in total. The van der Waals surface area contributed by atoms with Gasteiger partial charge in [-0.3, -0.25) is 4.90 Å². The number of hydrogen-bond acceptors (Lipinski definition) is 3. The minimum absolute atomic E-state index is 0.239. The van der Waals surface area contributed by atoms with E-state index in [2.05, 4.69) is 16.8 Å². The monoisotopic (exact) mass is 288 g/mol. The summed E-state index contributed by atoms with van der Waals surface area (Å²) in [6, 6.07) is 6.31. The van der Waals surface area contributed by atoms with Gasteiger partial charge in [-0.15, -0.1) is 0 Å². The molecule has 1 aromatic carbocycles. The van der Waals surface area contributed by atoms with E-state index in [1.54, 1.807) is 18.3 Å². The van der Waals surface area contributed by atoms with Crippen molar-refractivity contribution in [3.8, 4) is 11.3 Å². The van der Waals surface area contributed by atoms with Gasteiger partial charge in [-0.05, 0) is 56.0 Å². The van der Waals surface area contributed by atoms with E-state index in [0.29, 0.717) is 5.76 Å². The molecule has 1 aliphatic carbocycles. The van der Waals surface area contributed by atoms with Crippen LogP contribution in [0.15, 0.2) is 34.9 Å². The normalized spacial score (nSPS) is 14.8. The second-order valence-electron chi connectivity index (χ2n) is 5.80. The molecule has 1 aliphatic rings. The van der Waals surface area contributed by atoms with Gasteiger partial charge in [0.15, 0.2) is 5.76 Å². The average Bonchev–Trinajstić information content (AvgIpc) is 3.16. The summed E-state index contributed by atoms with van der Waals surface area (Å²) < 4.78 is 18.8. The van der Waals surface area contributed by atoms with Gasteiger partial charge < -0.3 is 4.42 Å². The maximum Gasteiger partial charge on any atom is 0.209 e. The Hall–Kier alpha value is -1.68. The average molecular weight is 288 g/mol. The van der Waals surface area contributed by atoms with E-state index in [1.165, 1.54) is 25.0 Å². The van der Waals surface area contributed by atoms with Gasteiger partial charge in [-0.25, -0.2) is 9.37 Å². The number of nitrogens with zero attached hydrogens (tertiary/aromatic N) is 2. The van der Waals surface area contributed by atoms with Crippen molar-refractivity contribution in [1.82, 2.24) is 9.88 Å². The summed E-state index contributed by atoms with van der Waals surface area (Å²) in [4.78, 5) is 6.78. The lowest BCUT2D eigenvalue weighted by Gasteiger charge is -2.19. The Morgan fingerprint density at radius 3 is 2.71 bits per heavy atom. The Balaban J connectivity index is 1.66. The van der Waals surface area contributed by atoms with Crippen molar-refractivity contribution in [3.63, 3.8) is 0 Å². The summed E-state index contributed by atoms with van der Waals surface area (Å²) in [7, 11) is 0. The molecule has 0 atom stereocenters. The van der Waals surface area contributed by atoms with Crippen LogP contribution in [0.5, 0.6) is 0 Å². The zero-order valence-electron chi connectivity index (χ0n) is 12.4. The van der Waals surface area contributed by atoms with E-state index < -0.39 is 0 Å². The maximum atomic E-state index is 12.9. The van der Waals surface area contributed by atoms with Crippen LogP contribution in [0.25, 0.3) is 11.3 Å². The SMILES string of the molecule is CCCN(Cc1ncc(-c2ccc(F)cc2)o1)CC1CC1. The van der Waals surface area contributed by atoms with Gasteiger partial charge in [0, 0.05) is 12.1 Å². The van der Waals surface area contributed by atoms with Gasteiger partial charge in [0.1, 0.15) is 5.82 Å². The van der Waals surface area contributed by atoms with Crippen LogP contribution in [-0.4, -0.2) is 23.0 Å². The van der Waals surface area contributed by atoms with Gasteiger partial charge in [-0.2, -0.15) is 0 Å². The third-order valence-corrected chi connectivity index (χ3v) is 3.79. The van der Waals surface area contributed by atoms with Crippen molar-refractivity contribution >= 4 is 0 Å². The molecule has 2 aromatic rings. The molecule has 1 fully saturated rings. The molecule has 0 radical (unpaired) electrons. The molecule has 3 rings (SSSR count). The molecule has 21 heavy (non-hydrogen) atoms. The number of benzene rings is 1. The van der Waals surface area contributed by atoms with E-state index in [1.807, 2.05) is 0 Å². The van der Waals surface area contributed by atoms with Crippen LogP contribution in [0.2, 0.25) is 0 Å². The van der Waals surface area contributed by atoms with Crippen molar-refractivity contribution in [1.29, 1.82) is 0 Å². The first-order valence-electron chi connectivity index (χ1n) is 7.67. The van der Waals surface area contributed by atoms with Crippen molar-refractivity contribution in [2.24, 2.45) is 5.92 Å². The highest BCUT2D eigenvalue weighted by Gasteiger charge is 2.24. The fourth-order valence-electron chi connectivity index (χ4n) is 2.54. The topological polar surface area (TPSA) is 29.3 Å². The fraction of sp³-hybridized carbons (Fsp3) is 0.471. The zero-order valence-corrected chi connectivity index (χ0v) is 12.4. The van der Waals surface area contributed by atoms with E-state index in [-0.39, 0.29) is 5.82 Å². The van der Waals surface area contributed by atoms with Crippen molar-refractivity contribution in [2.75, 3.05) is 13.1 Å². The molecule has 1 heterocycles. The van der Waals surface area contributed by atoms with Gasteiger partial charge in [0.2, 0.25) is 5.89 Å². The first-order chi connectivity index (χ1) is 10.2. The summed E-state index contributed by atoms with van der Waals surface area (Å²) in [6.45, 7) is 5.16. The molecule has 0 saturated heterocycles. The summed E-state index contributed by atoms with van der Waals surface area (Å²) in [5, 5.41) is 0. The third-order valence-electron chi connectivity index (χ3n) is 3.79. The minimum Gasteiger partial charge on any atom is -0.439 e. The van der Waals surface area contributed by atoms with Crippen LogP contribution in [0, 0.1) is 11.7 Å². The number of hydrogen-bond donors (Lipinski definition) is 0. The highest BCUT2D eigenvalue weighted by atomic mass is 19.1. The quantitative estimate of drug-likeness (QED) is 0.768. The van der Waals surface area contributed by atoms with Crippen molar-refractivity contribution in [2.45, 2.75) is 32.7 Å². The van der Waals surface area contributed by atoms with Crippen LogP contribution in [0.3, 0.4) is 0 Å². The van der Waals surface area contributed by atoms with E-state index in [0.717, 1.165) is 43.4 Å². The molecule has 0 amide bonds. The Bertz CT molecular complexity index is 575. The number of halogens is 1. The summed E-state index contributed by atoms with van der Waals surface area (Å²) in [5.74, 6) is 2.07. The zero-order chi connectivity index (χ0) is 14.7. The molecule has 0 N–H and O–H groups in total. The van der Waals surface area contributed by atoms with E-state index in [9.17, 15) is 4.39 Å². The second kappa shape index (κ2) is 6.39. The lowest BCUT2D eigenvalue weighted by molar-refractivity contribution is 0.231. The van der Waals surface area contributed by atoms with E-state index >= 15 is 0 Å².